The molecular weight excluding hydrogens is 172 g/mol. The first-order chi connectivity index (χ1) is 6.95. The molecule has 0 radical (unpaired) electrons. The summed E-state index contributed by atoms with van der Waals surface area (Å²) in [5.41, 5.74) is 1.40. The molecule has 0 unspecified atom stereocenters. The highest BCUT2D eigenvalue weighted by atomic mass is 15.3. The predicted molar refractivity (Wildman–Crippen MR) is 57.0 cm³/mol. The van der Waals surface area contributed by atoms with Crippen molar-refractivity contribution in [3.8, 4) is 0 Å². The minimum absolute atomic E-state index is 1.00. The lowest BCUT2D eigenvalue weighted by Gasteiger charge is -2.01. The molecule has 72 valence electrons. The van der Waals surface area contributed by atoms with E-state index in [0.29, 0.717) is 0 Å². The van der Waals surface area contributed by atoms with E-state index < -0.39 is 0 Å². The number of aromatic nitrogens is 2. The van der Waals surface area contributed by atoms with Crippen molar-refractivity contribution >= 4 is 0 Å². The van der Waals surface area contributed by atoms with Gasteiger partial charge in [-0.05, 0) is 24.5 Å². The minimum Gasteiger partial charge on any atom is -0.273 e. The van der Waals surface area contributed by atoms with Crippen LogP contribution in [-0.2, 0) is 13.0 Å². The molecule has 0 aliphatic heterocycles. The number of hydrogen-bond acceptors (Lipinski definition) is 1. The number of nitrogens with zero attached hydrogens (tertiary/aromatic N) is 2. The molecule has 2 nitrogen and oxygen atoms in total. The van der Waals surface area contributed by atoms with Gasteiger partial charge in [0.15, 0.2) is 0 Å². The molecular formula is C12H14N2. The van der Waals surface area contributed by atoms with Crippen molar-refractivity contribution in [3.63, 3.8) is 0 Å². The maximum atomic E-state index is 4.16. The molecule has 0 bridgehead atoms. The average Bonchev–Trinajstić information content (AvgIpc) is 2.72. The second-order valence-corrected chi connectivity index (χ2v) is 3.36. The van der Waals surface area contributed by atoms with Crippen LogP contribution < -0.4 is 0 Å². The Bertz CT molecular complexity index is 351. The summed E-state index contributed by atoms with van der Waals surface area (Å²) in [7, 11) is 0. The van der Waals surface area contributed by atoms with Gasteiger partial charge in [0.2, 0.25) is 0 Å². The van der Waals surface area contributed by atoms with Crippen LogP contribution in [0.2, 0.25) is 0 Å². The van der Waals surface area contributed by atoms with Crippen LogP contribution in [0.4, 0.5) is 0 Å². The van der Waals surface area contributed by atoms with Crippen LogP contribution in [0.25, 0.3) is 0 Å². The van der Waals surface area contributed by atoms with Gasteiger partial charge in [-0.2, -0.15) is 5.10 Å². The largest absolute Gasteiger partial charge is 0.273 e. The second-order valence-electron chi connectivity index (χ2n) is 3.36. The van der Waals surface area contributed by atoms with Gasteiger partial charge in [-0.15, -0.1) is 0 Å². The van der Waals surface area contributed by atoms with E-state index in [0.717, 1.165) is 19.4 Å². The van der Waals surface area contributed by atoms with Crippen LogP contribution in [0.5, 0.6) is 0 Å². The van der Waals surface area contributed by atoms with Crippen LogP contribution in [0.3, 0.4) is 0 Å². The van der Waals surface area contributed by atoms with Gasteiger partial charge in [0.25, 0.3) is 0 Å². The van der Waals surface area contributed by atoms with E-state index >= 15 is 0 Å². The Morgan fingerprint density at radius 3 is 2.64 bits per heavy atom. The van der Waals surface area contributed by atoms with Crippen molar-refractivity contribution in [2.75, 3.05) is 0 Å². The van der Waals surface area contributed by atoms with Gasteiger partial charge in [-0.3, -0.25) is 4.68 Å². The Labute approximate surface area is 84.2 Å². The van der Waals surface area contributed by atoms with E-state index in [9.17, 15) is 0 Å². The van der Waals surface area contributed by atoms with Gasteiger partial charge < -0.3 is 0 Å². The smallest absolute Gasteiger partial charge is 0.0489 e. The number of rotatable bonds is 4. The molecule has 0 saturated heterocycles. The highest BCUT2D eigenvalue weighted by molar-refractivity contribution is 5.14. The summed E-state index contributed by atoms with van der Waals surface area (Å²) in [5.74, 6) is 0. The molecule has 0 atom stereocenters. The zero-order valence-electron chi connectivity index (χ0n) is 8.13. The standard InChI is InChI=1S/C12H14N2/c1-2-6-12(7-3-1)8-4-10-14-11-5-9-13-14/h1-3,5-7,9,11H,4,8,10H2. The van der Waals surface area contributed by atoms with Gasteiger partial charge >= 0.3 is 0 Å². The molecule has 1 aromatic heterocycles. The van der Waals surface area contributed by atoms with Crippen LogP contribution in [0, 0.1) is 0 Å². The molecule has 1 heterocycles. The number of aryl methyl sites for hydroxylation is 2. The van der Waals surface area contributed by atoms with Crippen LogP contribution in [-0.4, -0.2) is 9.78 Å². The molecule has 0 fully saturated rings. The van der Waals surface area contributed by atoms with E-state index in [1.165, 1.54) is 5.56 Å². The van der Waals surface area contributed by atoms with Crippen LogP contribution in [0.1, 0.15) is 12.0 Å². The van der Waals surface area contributed by atoms with E-state index in [1.807, 2.05) is 23.1 Å². The maximum absolute atomic E-state index is 4.16. The maximum Gasteiger partial charge on any atom is 0.0489 e. The molecule has 0 spiro atoms. The van der Waals surface area contributed by atoms with Gasteiger partial charge in [-0.1, -0.05) is 30.3 Å². The third kappa shape index (κ3) is 2.46. The lowest BCUT2D eigenvalue weighted by Crippen LogP contribution is -1.99. The first-order valence-corrected chi connectivity index (χ1v) is 4.96. The Kier molecular flexibility index (Phi) is 2.96. The SMILES string of the molecule is c1ccc(CCCn2cccn2)cc1. The Morgan fingerprint density at radius 2 is 1.93 bits per heavy atom. The molecule has 0 amide bonds. The van der Waals surface area contributed by atoms with Crippen molar-refractivity contribution in [1.29, 1.82) is 0 Å². The number of benzene rings is 1. The molecule has 0 aliphatic rings. The van der Waals surface area contributed by atoms with E-state index in [2.05, 4.69) is 35.4 Å². The van der Waals surface area contributed by atoms with Crippen LogP contribution >= 0.6 is 0 Å². The zero-order valence-corrected chi connectivity index (χ0v) is 8.13. The van der Waals surface area contributed by atoms with E-state index in [1.54, 1.807) is 0 Å². The Morgan fingerprint density at radius 1 is 1.07 bits per heavy atom. The summed E-state index contributed by atoms with van der Waals surface area (Å²) < 4.78 is 1.98. The summed E-state index contributed by atoms with van der Waals surface area (Å²) in [4.78, 5) is 0. The quantitative estimate of drug-likeness (QED) is 0.717. The fourth-order valence-corrected chi connectivity index (χ4v) is 1.52. The summed E-state index contributed by atoms with van der Waals surface area (Å²) >= 11 is 0. The summed E-state index contributed by atoms with van der Waals surface area (Å²) in [6, 6.07) is 12.5. The highest BCUT2D eigenvalue weighted by Crippen LogP contribution is 2.03. The third-order valence-electron chi connectivity index (χ3n) is 2.25. The van der Waals surface area contributed by atoms with E-state index in [-0.39, 0.29) is 0 Å². The monoisotopic (exact) mass is 186 g/mol. The Balaban J connectivity index is 1.79. The zero-order chi connectivity index (χ0) is 9.64. The molecule has 1 aromatic carbocycles. The fourth-order valence-electron chi connectivity index (χ4n) is 1.52. The highest BCUT2D eigenvalue weighted by Gasteiger charge is 1.93. The first kappa shape index (κ1) is 9.00. The van der Waals surface area contributed by atoms with Gasteiger partial charge in [0, 0.05) is 18.9 Å². The van der Waals surface area contributed by atoms with E-state index in [4.69, 9.17) is 0 Å². The fraction of sp³-hybridized carbons (Fsp3) is 0.250. The summed E-state index contributed by atoms with van der Waals surface area (Å²) in [6.45, 7) is 1.00. The average molecular weight is 186 g/mol. The van der Waals surface area contributed by atoms with Crippen molar-refractivity contribution in [2.45, 2.75) is 19.4 Å². The van der Waals surface area contributed by atoms with Crippen LogP contribution in [0.15, 0.2) is 48.8 Å². The second kappa shape index (κ2) is 4.61. The lowest BCUT2D eigenvalue weighted by atomic mass is 10.1. The molecule has 0 saturated carbocycles. The molecule has 14 heavy (non-hydrogen) atoms. The summed E-state index contributed by atoms with van der Waals surface area (Å²) in [6.07, 6.45) is 6.10. The topological polar surface area (TPSA) is 17.8 Å². The van der Waals surface area contributed by atoms with Gasteiger partial charge in [-0.25, -0.2) is 0 Å². The van der Waals surface area contributed by atoms with Crippen molar-refractivity contribution in [3.05, 3.63) is 54.4 Å². The lowest BCUT2D eigenvalue weighted by molar-refractivity contribution is 0.579. The number of hydrogen-bond donors (Lipinski definition) is 0. The van der Waals surface area contributed by atoms with Gasteiger partial charge in [0.05, 0.1) is 0 Å². The van der Waals surface area contributed by atoms with Gasteiger partial charge in [0.1, 0.15) is 0 Å². The molecule has 2 heteroatoms. The predicted octanol–water partition coefficient (Wildman–Crippen LogP) is 2.52. The molecule has 0 aliphatic carbocycles. The first-order valence-electron chi connectivity index (χ1n) is 4.96. The molecule has 2 aromatic rings. The Hall–Kier alpha value is -1.57. The summed E-state index contributed by atoms with van der Waals surface area (Å²) in [5, 5.41) is 4.16. The van der Waals surface area contributed by atoms with Crippen molar-refractivity contribution in [1.82, 2.24) is 9.78 Å². The van der Waals surface area contributed by atoms with Crippen molar-refractivity contribution in [2.24, 2.45) is 0 Å². The third-order valence-corrected chi connectivity index (χ3v) is 2.25. The molecule has 0 N–H and O–H groups in total. The normalized spacial score (nSPS) is 10.3. The molecule has 2 rings (SSSR count). The van der Waals surface area contributed by atoms with Crippen molar-refractivity contribution < 1.29 is 0 Å². The minimum atomic E-state index is 1.00.